The zero-order chi connectivity index (χ0) is 18.2. The van der Waals surface area contributed by atoms with Crippen LogP contribution in [-0.2, 0) is 0 Å². The summed E-state index contributed by atoms with van der Waals surface area (Å²) in [5.41, 5.74) is 2.41. The number of amides is 1. The Hall–Kier alpha value is -2.89. The first-order valence-corrected chi connectivity index (χ1v) is 8.95. The van der Waals surface area contributed by atoms with Crippen LogP contribution in [0.25, 0.3) is 0 Å². The number of carbonyl (C=O) groups is 1. The molecular weight excluding hydrogens is 328 g/mol. The highest BCUT2D eigenvalue weighted by Crippen LogP contribution is 2.23. The number of anilines is 2. The standard InChI is InChI=1S/C20H24N4O2/c1-26-18-10-6-5-9-16(18)23-19(25)17-12-14-22-20(24-17)21-13-11-15-7-3-2-4-8-15/h5-7,9-10,12,14H,2-4,8,11,13H2,1H3,(H,23,25)(H,21,22,24). The van der Waals surface area contributed by atoms with Gasteiger partial charge in [0, 0.05) is 12.7 Å². The monoisotopic (exact) mass is 352 g/mol. The second-order valence-electron chi connectivity index (χ2n) is 6.20. The van der Waals surface area contributed by atoms with Gasteiger partial charge in [0.25, 0.3) is 5.91 Å². The van der Waals surface area contributed by atoms with Crippen molar-refractivity contribution < 1.29 is 9.53 Å². The molecule has 136 valence electrons. The zero-order valence-electron chi connectivity index (χ0n) is 15.0. The Morgan fingerprint density at radius 2 is 2.12 bits per heavy atom. The van der Waals surface area contributed by atoms with Crippen molar-refractivity contribution in [3.8, 4) is 5.75 Å². The van der Waals surface area contributed by atoms with Gasteiger partial charge in [-0.3, -0.25) is 4.79 Å². The first-order valence-electron chi connectivity index (χ1n) is 8.95. The lowest BCUT2D eigenvalue weighted by Gasteiger charge is -2.13. The summed E-state index contributed by atoms with van der Waals surface area (Å²) in [4.78, 5) is 21.0. The minimum atomic E-state index is -0.296. The Bertz CT molecular complexity index is 789. The van der Waals surface area contributed by atoms with Crippen molar-refractivity contribution in [2.75, 3.05) is 24.3 Å². The lowest BCUT2D eigenvalue weighted by molar-refractivity contribution is 0.102. The van der Waals surface area contributed by atoms with Gasteiger partial charge in [0.1, 0.15) is 11.4 Å². The van der Waals surface area contributed by atoms with E-state index in [0.29, 0.717) is 23.1 Å². The number of hydrogen-bond acceptors (Lipinski definition) is 5. The number of carbonyl (C=O) groups excluding carboxylic acids is 1. The lowest BCUT2D eigenvalue weighted by Crippen LogP contribution is -2.16. The second-order valence-corrected chi connectivity index (χ2v) is 6.20. The van der Waals surface area contributed by atoms with E-state index in [9.17, 15) is 4.79 Å². The third-order valence-electron chi connectivity index (χ3n) is 4.36. The summed E-state index contributed by atoms with van der Waals surface area (Å²) in [5.74, 6) is 0.776. The van der Waals surface area contributed by atoms with E-state index >= 15 is 0 Å². The number of rotatable bonds is 7. The van der Waals surface area contributed by atoms with Crippen molar-refractivity contribution in [3.05, 3.63) is 53.9 Å². The van der Waals surface area contributed by atoms with Crippen LogP contribution in [0.3, 0.4) is 0 Å². The van der Waals surface area contributed by atoms with Crippen molar-refractivity contribution in [3.63, 3.8) is 0 Å². The van der Waals surface area contributed by atoms with Crippen LogP contribution in [0.1, 0.15) is 42.6 Å². The Kier molecular flexibility index (Phi) is 6.19. The van der Waals surface area contributed by atoms with Crippen molar-refractivity contribution in [1.82, 2.24) is 9.97 Å². The number of nitrogens with one attached hydrogen (secondary N) is 2. The van der Waals surface area contributed by atoms with Gasteiger partial charge in [-0.25, -0.2) is 9.97 Å². The van der Waals surface area contributed by atoms with Gasteiger partial charge in [0.05, 0.1) is 12.8 Å². The summed E-state index contributed by atoms with van der Waals surface area (Å²) in [6.45, 7) is 0.767. The van der Waals surface area contributed by atoms with E-state index in [2.05, 4.69) is 26.7 Å². The Balaban J connectivity index is 1.59. The van der Waals surface area contributed by atoms with E-state index in [1.54, 1.807) is 31.5 Å². The van der Waals surface area contributed by atoms with Crippen LogP contribution in [0.4, 0.5) is 11.6 Å². The maximum atomic E-state index is 12.5. The Morgan fingerprint density at radius 1 is 1.23 bits per heavy atom. The molecule has 0 aliphatic heterocycles. The van der Waals surface area contributed by atoms with E-state index in [1.807, 2.05) is 12.1 Å². The summed E-state index contributed by atoms with van der Waals surface area (Å²) >= 11 is 0. The zero-order valence-corrected chi connectivity index (χ0v) is 15.0. The molecule has 1 amide bonds. The molecule has 0 unspecified atom stereocenters. The number of aromatic nitrogens is 2. The van der Waals surface area contributed by atoms with Gasteiger partial charge in [0.15, 0.2) is 0 Å². The molecule has 2 aromatic rings. The van der Waals surface area contributed by atoms with E-state index in [0.717, 1.165) is 13.0 Å². The molecule has 0 saturated carbocycles. The average molecular weight is 352 g/mol. The number of methoxy groups -OCH3 is 1. The number of benzene rings is 1. The quantitative estimate of drug-likeness (QED) is 0.736. The molecule has 0 radical (unpaired) electrons. The van der Waals surface area contributed by atoms with E-state index in [4.69, 9.17) is 4.74 Å². The normalized spacial score (nSPS) is 13.7. The summed E-state index contributed by atoms with van der Waals surface area (Å²) in [7, 11) is 1.57. The lowest BCUT2D eigenvalue weighted by atomic mass is 9.97. The molecule has 6 nitrogen and oxygen atoms in total. The van der Waals surface area contributed by atoms with E-state index in [1.165, 1.54) is 31.3 Å². The van der Waals surface area contributed by atoms with Crippen LogP contribution in [0.5, 0.6) is 5.75 Å². The van der Waals surface area contributed by atoms with Gasteiger partial charge in [-0.1, -0.05) is 23.8 Å². The molecular formula is C20H24N4O2. The molecule has 0 atom stereocenters. The number of allylic oxidation sites excluding steroid dienone is 1. The summed E-state index contributed by atoms with van der Waals surface area (Å²) in [6.07, 6.45) is 9.86. The largest absolute Gasteiger partial charge is 0.495 e. The maximum absolute atomic E-state index is 12.5. The van der Waals surface area contributed by atoms with Crippen LogP contribution in [-0.4, -0.2) is 29.5 Å². The highest BCUT2D eigenvalue weighted by Gasteiger charge is 2.12. The first-order chi connectivity index (χ1) is 12.8. The maximum Gasteiger partial charge on any atom is 0.274 e. The van der Waals surface area contributed by atoms with Gasteiger partial charge >= 0.3 is 0 Å². The van der Waals surface area contributed by atoms with Gasteiger partial charge < -0.3 is 15.4 Å². The van der Waals surface area contributed by atoms with Crippen LogP contribution < -0.4 is 15.4 Å². The number of hydrogen-bond donors (Lipinski definition) is 2. The van der Waals surface area contributed by atoms with E-state index < -0.39 is 0 Å². The van der Waals surface area contributed by atoms with Gasteiger partial charge in [-0.15, -0.1) is 0 Å². The molecule has 6 heteroatoms. The molecule has 3 rings (SSSR count). The van der Waals surface area contributed by atoms with E-state index in [-0.39, 0.29) is 5.91 Å². The van der Waals surface area contributed by atoms with Gasteiger partial charge in [-0.05, 0) is 50.3 Å². The fourth-order valence-electron chi connectivity index (χ4n) is 2.97. The molecule has 1 heterocycles. The average Bonchev–Trinajstić information content (AvgIpc) is 2.69. The second kappa shape index (κ2) is 8.99. The molecule has 0 bridgehead atoms. The Labute approximate surface area is 153 Å². The van der Waals surface area contributed by atoms with Crippen LogP contribution >= 0.6 is 0 Å². The summed E-state index contributed by atoms with van der Waals surface area (Å²) < 4.78 is 5.25. The first kappa shape index (κ1) is 17.9. The predicted molar refractivity (Wildman–Crippen MR) is 103 cm³/mol. The van der Waals surface area contributed by atoms with Crippen molar-refractivity contribution in [1.29, 1.82) is 0 Å². The topological polar surface area (TPSA) is 76.1 Å². The molecule has 1 aliphatic carbocycles. The molecule has 1 aromatic heterocycles. The minimum Gasteiger partial charge on any atom is -0.495 e. The smallest absolute Gasteiger partial charge is 0.274 e. The minimum absolute atomic E-state index is 0.296. The van der Waals surface area contributed by atoms with Crippen LogP contribution in [0.2, 0.25) is 0 Å². The highest BCUT2D eigenvalue weighted by atomic mass is 16.5. The third kappa shape index (κ3) is 4.81. The van der Waals surface area contributed by atoms with Crippen LogP contribution in [0.15, 0.2) is 48.2 Å². The predicted octanol–water partition coefficient (Wildman–Crippen LogP) is 4.04. The molecule has 26 heavy (non-hydrogen) atoms. The van der Waals surface area contributed by atoms with Crippen molar-refractivity contribution >= 4 is 17.5 Å². The fraction of sp³-hybridized carbons (Fsp3) is 0.350. The van der Waals surface area contributed by atoms with Crippen molar-refractivity contribution in [2.24, 2.45) is 0 Å². The number of nitrogens with zero attached hydrogens (tertiary/aromatic N) is 2. The number of ether oxygens (including phenoxy) is 1. The van der Waals surface area contributed by atoms with Gasteiger partial charge in [-0.2, -0.15) is 0 Å². The highest BCUT2D eigenvalue weighted by molar-refractivity contribution is 6.03. The SMILES string of the molecule is COc1ccccc1NC(=O)c1ccnc(NCCC2=CCCCC2)n1. The fourth-order valence-corrected chi connectivity index (χ4v) is 2.97. The number of para-hydroxylation sites is 2. The van der Waals surface area contributed by atoms with Crippen molar-refractivity contribution in [2.45, 2.75) is 32.1 Å². The molecule has 0 spiro atoms. The molecule has 0 fully saturated rings. The Morgan fingerprint density at radius 3 is 2.92 bits per heavy atom. The van der Waals surface area contributed by atoms with Gasteiger partial charge in [0.2, 0.25) is 5.95 Å². The molecule has 0 saturated heterocycles. The molecule has 2 N–H and O–H groups in total. The summed E-state index contributed by atoms with van der Waals surface area (Å²) in [5, 5.41) is 6.03. The summed E-state index contributed by atoms with van der Waals surface area (Å²) in [6, 6.07) is 8.87. The molecule has 1 aromatic carbocycles. The molecule has 1 aliphatic rings. The third-order valence-corrected chi connectivity index (χ3v) is 4.36. The van der Waals surface area contributed by atoms with Crippen LogP contribution in [0, 0.1) is 0 Å².